The van der Waals surface area contributed by atoms with Crippen LogP contribution >= 0.6 is 0 Å². The number of amidine groups is 1. The Kier molecular flexibility index (Phi) is 11.4. The molecule has 3 N–H and O–H groups in total. The number of aliphatic hydroxyl groups is 1. The van der Waals surface area contributed by atoms with Gasteiger partial charge in [0.25, 0.3) is 0 Å². The van der Waals surface area contributed by atoms with Crippen LogP contribution in [0.5, 0.6) is 0 Å². The number of nitrogens with zero attached hydrogens (tertiary/aromatic N) is 1. The molecule has 0 fully saturated rings. The minimum absolute atomic E-state index is 0.00281. The third kappa shape index (κ3) is 9.72. The lowest BCUT2D eigenvalue weighted by molar-refractivity contribution is -0.144. The van der Waals surface area contributed by atoms with E-state index in [1.807, 2.05) is 0 Å². The molecule has 126 valence electrons. The summed E-state index contributed by atoms with van der Waals surface area (Å²) in [4.78, 5) is 27.8. The second-order valence-corrected chi connectivity index (χ2v) is 3.78. The maximum Gasteiger partial charge on any atom is 0.377 e. The fraction of sp³-hybridized carbons (Fsp3) is 0.615. The summed E-state index contributed by atoms with van der Waals surface area (Å²) >= 11 is 0. The van der Waals surface area contributed by atoms with Crippen LogP contribution in [0.15, 0.2) is 17.0 Å². The number of nitrogens with two attached hydrogens (primary N) is 1. The third-order valence-electron chi connectivity index (χ3n) is 1.97. The lowest BCUT2D eigenvalue weighted by Crippen LogP contribution is -2.21. The molecule has 0 saturated heterocycles. The van der Waals surface area contributed by atoms with Gasteiger partial charge < -0.3 is 29.9 Å². The van der Waals surface area contributed by atoms with Gasteiger partial charge in [0.15, 0.2) is 5.84 Å². The third-order valence-corrected chi connectivity index (χ3v) is 1.97. The van der Waals surface area contributed by atoms with E-state index in [0.717, 1.165) is 6.08 Å². The van der Waals surface area contributed by atoms with Crippen LogP contribution in [0.1, 0.15) is 20.3 Å². The van der Waals surface area contributed by atoms with Crippen LogP contribution in [0, 0.1) is 0 Å². The molecule has 22 heavy (non-hydrogen) atoms. The maximum absolute atomic E-state index is 11.6. The molecule has 0 aliphatic carbocycles. The number of esters is 2. The van der Waals surface area contributed by atoms with Gasteiger partial charge in [-0.1, -0.05) is 5.16 Å². The Labute approximate surface area is 128 Å². The van der Waals surface area contributed by atoms with E-state index >= 15 is 0 Å². The fourth-order valence-electron chi connectivity index (χ4n) is 1.09. The highest BCUT2D eigenvalue weighted by molar-refractivity contribution is 5.94. The molecular formula is C13H22N2O7. The summed E-state index contributed by atoms with van der Waals surface area (Å²) < 4.78 is 14.5. The summed E-state index contributed by atoms with van der Waals surface area (Å²) in [5.74, 6) is -2.12. The topological polar surface area (TPSA) is 130 Å². The Bertz CT molecular complexity index is 407. The summed E-state index contributed by atoms with van der Waals surface area (Å²) in [6, 6.07) is 0. The number of hydrogen-bond donors (Lipinski definition) is 2. The fourth-order valence-corrected chi connectivity index (χ4v) is 1.09. The minimum atomic E-state index is -0.867. The minimum Gasteiger partial charge on any atom is -0.463 e. The zero-order chi connectivity index (χ0) is 16.8. The van der Waals surface area contributed by atoms with Gasteiger partial charge in [-0.15, -0.1) is 0 Å². The molecule has 0 amide bonds. The number of carbonyl (C=O) groups excluding carboxylic acids is 2. The normalized spacial score (nSPS) is 12.0. The van der Waals surface area contributed by atoms with Crippen molar-refractivity contribution in [3.05, 3.63) is 11.8 Å². The molecule has 0 heterocycles. The molecule has 0 spiro atoms. The average Bonchev–Trinajstić information content (AvgIpc) is 2.48. The second kappa shape index (κ2) is 12.6. The molecule has 0 radical (unpaired) electrons. The van der Waals surface area contributed by atoms with Crippen molar-refractivity contribution in [1.82, 2.24) is 0 Å². The van der Waals surface area contributed by atoms with E-state index < -0.39 is 17.7 Å². The molecule has 9 nitrogen and oxygen atoms in total. The van der Waals surface area contributed by atoms with Crippen LogP contribution < -0.4 is 5.73 Å². The summed E-state index contributed by atoms with van der Waals surface area (Å²) in [6.45, 7) is 3.73. The van der Waals surface area contributed by atoms with Crippen LogP contribution in [-0.4, -0.2) is 55.9 Å². The molecule has 0 rings (SSSR count). The predicted molar refractivity (Wildman–Crippen MR) is 76.6 cm³/mol. The van der Waals surface area contributed by atoms with Gasteiger partial charge in [0.1, 0.15) is 6.61 Å². The summed E-state index contributed by atoms with van der Waals surface area (Å²) in [5, 5.41) is 12.0. The Morgan fingerprint density at radius 2 is 1.91 bits per heavy atom. The first-order valence-corrected chi connectivity index (χ1v) is 6.78. The lowest BCUT2D eigenvalue weighted by Gasteiger charge is -2.06. The smallest absolute Gasteiger partial charge is 0.377 e. The van der Waals surface area contributed by atoms with Gasteiger partial charge in [0.2, 0.25) is 5.76 Å². The van der Waals surface area contributed by atoms with Crippen LogP contribution in [0.3, 0.4) is 0 Å². The lowest BCUT2D eigenvalue weighted by atomic mass is 10.4. The van der Waals surface area contributed by atoms with Crippen molar-refractivity contribution in [2.75, 3.05) is 33.0 Å². The van der Waals surface area contributed by atoms with Crippen molar-refractivity contribution >= 4 is 17.8 Å². The van der Waals surface area contributed by atoms with Crippen molar-refractivity contribution in [2.45, 2.75) is 20.3 Å². The van der Waals surface area contributed by atoms with Crippen LogP contribution in [-0.2, 0) is 28.6 Å². The highest BCUT2D eigenvalue weighted by Gasteiger charge is 2.16. The van der Waals surface area contributed by atoms with Gasteiger partial charge in [0.05, 0.1) is 19.3 Å². The standard InChI is InChI=1S/C13H22N2O7/c1-3-20-12(17)8-10(13(18)21-4-2)22-15-11(14)9-19-7-5-6-16/h8,16H,3-7,9H2,1-2H3,(H2,14,15). The second-order valence-electron chi connectivity index (χ2n) is 3.78. The maximum atomic E-state index is 11.6. The van der Waals surface area contributed by atoms with Crippen LogP contribution in [0.4, 0.5) is 0 Å². The molecule has 0 saturated carbocycles. The highest BCUT2D eigenvalue weighted by atomic mass is 16.7. The van der Waals surface area contributed by atoms with Crippen molar-refractivity contribution in [2.24, 2.45) is 10.9 Å². The van der Waals surface area contributed by atoms with Crippen LogP contribution in [0.25, 0.3) is 0 Å². The number of carbonyl (C=O) groups is 2. The number of hydrogen-bond acceptors (Lipinski definition) is 8. The Morgan fingerprint density at radius 1 is 1.23 bits per heavy atom. The van der Waals surface area contributed by atoms with E-state index in [0.29, 0.717) is 13.0 Å². The zero-order valence-electron chi connectivity index (χ0n) is 12.7. The first-order chi connectivity index (χ1) is 10.5. The molecule has 0 aromatic carbocycles. The molecule has 9 heteroatoms. The van der Waals surface area contributed by atoms with Crippen molar-refractivity contribution in [3.8, 4) is 0 Å². The largest absolute Gasteiger partial charge is 0.463 e. The van der Waals surface area contributed by atoms with Gasteiger partial charge in [-0.2, -0.15) is 0 Å². The highest BCUT2D eigenvalue weighted by Crippen LogP contribution is 2.03. The van der Waals surface area contributed by atoms with E-state index in [9.17, 15) is 9.59 Å². The van der Waals surface area contributed by atoms with Gasteiger partial charge in [-0.3, -0.25) is 0 Å². The van der Waals surface area contributed by atoms with Gasteiger partial charge in [0, 0.05) is 13.2 Å². The molecule has 0 aliphatic heterocycles. The number of oxime groups is 1. The van der Waals surface area contributed by atoms with Gasteiger partial charge >= 0.3 is 11.9 Å². The van der Waals surface area contributed by atoms with E-state index in [4.69, 9.17) is 25.2 Å². The Balaban J connectivity index is 4.62. The summed E-state index contributed by atoms with van der Waals surface area (Å²) in [7, 11) is 0. The molecular weight excluding hydrogens is 296 g/mol. The quantitative estimate of drug-likeness (QED) is 0.101. The first kappa shape index (κ1) is 19.9. The van der Waals surface area contributed by atoms with Gasteiger partial charge in [-0.05, 0) is 20.3 Å². The SMILES string of the molecule is CCOC(=O)C=C(ON=C(N)COCCCO)C(=O)OCC. The summed E-state index contributed by atoms with van der Waals surface area (Å²) in [5.41, 5.74) is 5.51. The Hall–Kier alpha value is -2.13. The van der Waals surface area contributed by atoms with E-state index in [-0.39, 0.29) is 32.3 Å². The molecule has 0 unspecified atom stereocenters. The van der Waals surface area contributed by atoms with Crippen molar-refractivity contribution in [1.29, 1.82) is 0 Å². The summed E-state index contributed by atoms with van der Waals surface area (Å²) in [6.07, 6.45) is 1.29. The molecule has 0 aromatic heterocycles. The number of ether oxygens (including phenoxy) is 3. The predicted octanol–water partition coefficient (Wildman–Crippen LogP) is -0.316. The molecule has 0 aliphatic rings. The molecule has 0 atom stereocenters. The van der Waals surface area contributed by atoms with Crippen molar-refractivity contribution in [3.63, 3.8) is 0 Å². The zero-order valence-corrected chi connectivity index (χ0v) is 12.7. The van der Waals surface area contributed by atoms with Gasteiger partial charge in [-0.25, -0.2) is 9.59 Å². The average molecular weight is 318 g/mol. The van der Waals surface area contributed by atoms with E-state index in [1.54, 1.807) is 13.8 Å². The van der Waals surface area contributed by atoms with E-state index in [1.165, 1.54) is 0 Å². The van der Waals surface area contributed by atoms with Crippen LogP contribution in [0.2, 0.25) is 0 Å². The van der Waals surface area contributed by atoms with E-state index in [2.05, 4.69) is 9.89 Å². The molecule has 0 bridgehead atoms. The number of aliphatic hydroxyl groups excluding tert-OH is 1. The monoisotopic (exact) mass is 318 g/mol. The Morgan fingerprint density at radius 3 is 2.50 bits per heavy atom. The number of rotatable bonds is 11. The van der Waals surface area contributed by atoms with Crippen molar-refractivity contribution < 1.29 is 33.7 Å². The first-order valence-electron chi connectivity index (χ1n) is 6.78. The molecule has 0 aromatic rings.